The zero-order chi connectivity index (χ0) is 14.4. The van der Waals surface area contributed by atoms with Crippen molar-refractivity contribution in [2.45, 2.75) is 25.3 Å². The van der Waals surface area contributed by atoms with E-state index in [9.17, 15) is 4.39 Å². The molecule has 106 valence electrons. The first kappa shape index (κ1) is 15.0. The molecule has 0 saturated heterocycles. The highest BCUT2D eigenvalue weighted by Gasteiger charge is 2.10. The molecule has 1 unspecified atom stereocenters. The average molecular weight is 292 g/mol. The van der Waals surface area contributed by atoms with E-state index < -0.39 is 0 Å². The standard InChI is InChI=1S/C17H19ClFN/c1-20-16(13-7-3-2-4-8-13)12-6-10-14-9-5-11-15(19)17(14)18/h2-5,7-9,11,16,20H,6,10,12H2,1H3. The number of aryl methyl sites for hydroxylation is 1. The van der Waals surface area contributed by atoms with Crippen LogP contribution in [-0.4, -0.2) is 7.05 Å². The second-order valence-electron chi connectivity index (χ2n) is 4.86. The summed E-state index contributed by atoms with van der Waals surface area (Å²) in [4.78, 5) is 0. The van der Waals surface area contributed by atoms with Crippen molar-refractivity contribution in [1.82, 2.24) is 5.32 Å². The third-order valence-corrected chi connectivity index (χ3v) is 3.94. The van der Waals surface area contributed by atoms with E-state index in [0.717, 1.165) is 24.8 Å². The largest absolute Gasteiger partial charge is 0.313 e. The quantitative estimate of drug-likeness (QED) is 0.809. The molecule has 0 aliphatic heterocycles. The van der Waals surface area contributed by atoms with Gasteiger partial charge in [-0.05, 0) is 43.5 Å². The summed E-state index contributed by atoms with van der Waals surface area (Å²) in [7, 11) is 1.97. The fraction of sp³-hybridized carbons (Fsp3) is 0.294. The van der Waals surface area contributed by atoms with Crippen molar-refractivity contribution in [1.29, 1.82) is 0 Å². The molecule has 0 spiro atoms. The molecule has 1 N–H and O–H groups in total. The van der Waals surface area contributed by atoms with Gasteiger partial charge in [-0.3, -0.25) is 0 Å². The molecule has 0 amide bonds. The molecule has 0 saturated carbocycles. The van der Waals surface area contributed by atoms with E-state index >= 15 is 0 Å². The summed E-state index contributed by atoms with van der Waals surface area (Å²) in [5, 5.41) is 3.58. The lowest BCUT2D eigenvalue weighted by Crippen LogP contribution is -2.16. The van der Waals surface area contributed by atoms with Crippen LogP contribution in [-0.2, 0) is 6.42 Å². The predicted molar refractivity (Wildman–Crippen MR) is 82.6 cm³/mol. The van der Waals surface area contributed by atoms with Crippen LogP contribution < -0.4 is 5.32 Å². The van der Waals surface area contributed by atoms with Gasteiger partial charge in [0, 0.05) is 6.04 Å². The van der Waals surface area contributed by atoms with Gasteiger partial charge in [-0.1, -0.05) is 54.1 Å². The van der Waals surface area contributed by atoms with E-state index in [2.05, 4.69) is 17.4 Å². The van der Waals surface area contributed by atoms with Gasteiger partial charge in [-0.25, -0.2) is 4.39 Å². The van der Waals surface area contributed by atoms with Gasteiger partial charge in [0.1, 0.15) is 5.82 Å². The maximum atomic E-state index is 13.4. The van der Waals surface area contributed by atoms with Crippen LogP contribution in [0.3, 0.4) is 0 Å². The van der Waals surface area contributed by atoms with Gasteiger partial charge in [0.2, 0.25) is 0 Å². The third-order valence-electron chi connectivity index (χ3n) is 3.52. The van der Waals surface area contributed by atoms with Gasteiger partial charge >= 0.3 is 0 Å². The normalized spacial score (nSPS) is 12.3. The molecule has 0 aliphatic carbocycles. The molecule has 0 aliphatic rings. The number of hydrogen-bond donors (Lipinski definition) is 1. The summed E-state index contributed by atoms with van der Waals surface area (Å²) in [5.41, 5.74) is 2.16. The minimum absolute atomic E-state index is 0.258. The second kappa shape index (κ2) is 7.41. The zero-order valence-electron chi connectivity index (χ0n) is 11.6. The second-order valence-corrected chi connectivity index (χ2v) is 5.24. The highest BCUT2D eigenvalue weighted by molar-refractivity contribution is 6.31. The van der Waals surface area contributed by atoms with Gasteiger partial charge in [0.15, 0.2) is 0 Å². The molecule has 1 nitrogen and oxygen atoms in total. The van der Waals surface area contributed by atoms with Gasteiger partial charge < -0.3 is 5.32 Å². The predicted octanol–water partition coefficient (Wildman–Crippen LogP) is 4.76. The smallest absolute Gasteiger partial charge is 0.142 e. The summed E-state index contributed by atoms with van der Waals surface area (Å²) < 4.78 is 13.4. The minimum Gasteiger partial charge on any atom is -0.313 e. The Labute approximate surface area is 124 Å². The first-order valence-electron chi connectivity index (χ1n) is 6.87. The van der Waals surface area contributed by atoms with Crippen molar-refractivity contribution in [2.75, 3.05) is 7.05 Å². The molecule has 3 heteroatoms. The summed E-state index contributed by atoms with van der Waals surface area (Å²) in [6, 6.07) is 15.7. The van der Waals surface area contributed by atoms with Crippen molar-refractivity contribution in [3.05, 3.63) is 70.5 Å². The minimum atomic E-state index is -0.336. The van der Waals surface area contributed by atoms with Crippen LogP contribution >= 0.6 is 11.6 Å². The van der Waals surface area contributed by atoms with Crippen molar-refractivity contribution >= 4 is 11.6 Å². The average Bonchev–Trinajstić information content (AvgIpc) is 2.49. The van der Waals surface area contributed by atoms with Crippen molar-refractivity contribution < 1.29 is 4.39 Å². The lowest BCUT2D eigenvalue weighted by molar-refractivity contribution is 0.526. The maximum Gasteiger partial charge on any atom is 0.142 e. The van der Waals surface area contributed by atoms with Gasteiger partial charge in [0.25, 0.3) is 0 Å². The third kappa shape index (κ3) is 3.81. The highest BCUT2D eigenvalue weighted by Crippen LogP contribution is 2.24. The molecule has 0 aromatic heterocycles. The molecule has 20 heavy (non-hydrogen) atoms. The van der Waals surface area contributed by atoms with Crippen LogP contribution in [0, 0.1) is 5.82 Å². The number of rotatable bonds is 6. The van der Waals surface area contributed by atoms with Gasteiger partial charge in [0.05, 0.1) is 5.02 Å². The molecule has 2 rings (SSSR count). The summed E-state index contributed by atoms with van der Waals surface area (Å²) in [6.07, 6.45) is 2.75. The lowest BCUT2D eigenvalue weighted by Gasteiger charge is -2.16. The zero-order valence-corrected chi connectivity index (χ0v) is 12.3. The molecule has 2 aromatic rings. The van der Waals surface area contributed by atoms with Gasteiger partial charge in [-0.15, -0.1) is 0 Å². The Morgan fingerprint density at radius 1 is 1.10 bits per heavy atom. The van der Waals surface area contributed by atoms with E-state index in [-0.39, 0.29) is 10.8 Å². The maximum absolute atomic E-state index is 13.4. The van der Waals surface area contributed by atoms with E-state index in [0.29, 0.717) is 6.04 Å². The lowest BCUT2D eigenvalue weighted by atomic mass is 9.99. The van der Waals surface area contributed by atoms with Gasteiger partial charge in [-0.2, -0.15) is 0 Å². The Morgan fingerprint density at radius 2 is 1.85 bits per heavy atom. The van der Waals surface area contributed by atoms with Crippen LogP contribution in [0.4, 0.5) is 4.39 Å². The van der Waals surface area contributed by atoms with Crippen molar-refractivity contribution in [3.8, 4) is 0 Å². The highest BCUT2D eigenvalue weighted by atomic mass is 35.5. The number of hydrogen-bond acceptors (Lipinski definition) is 1. The van der Waals surface area contributed by atoms with E-state index in [4.69, 9.17) is 11.6 Å². The first-order valence-corrected chi connectivity index (χ1v) is 7.25. The molecule has 0 heterocycles. The number of halogens is 2. The molecule has 0 radical (unpaired) electrons. The fourth-order valence-electron chi connectivity index (χ4n) is 2.40. The topological polar surface area (TPSA) is 12.0 Å². The SMILES string of the molecule is CNC(CCCc1cccc(F)c1Cl)c1ccccc1. The molecule has 2 aromatic carbocycles. The number of benzene rings is 2. The van der Waals surface area contributed by atoms with Crippen molar-refractivity contribution in [3.63, 3.8) is 0 Å². The van der Waals surface area contributed by atoms with Crippen LogP contribution in [0.25, 0.3) is 0 Å². The Balaban J connectivity index is 1.93. The number of nitrogens with one attached hydrogen (secondary N) is 1. The fourth-order valence-corrected chi connectivity index (χ4v) is 2.62. The molecular weight excluding hydrogens is 273 g/mol. The molecule has 1 atom stereocenters. The van der Waals surface area contributed by atoms with E-state index in [1.165, 1.54) is 11.6 Å². The van der Waals surface area contributed by atoms with Crippen molar-refractivity contribution in [2.24, 2.45) is 0 Å². The Hall–Kier alpha value is -1.38. The van der Waals surface area contributed by atoms with E-state index in [1.807, 2.05) is 31.3 Å². The summed E-state index contributed by atoms with van der Waals surface area (Å²) in [6.45, 7) is 0. The Kier molecular flexibility index (Phi) is 5.57. The Bertz CT molecular complexity index is 542. The first-order chi connectivity index (χ1) is 9.72. The monoisotopic (exact) mass is 291 g/mol. The van der Waals surface area contributed by atoms with Crippen LogP contribution in [0.5, 0.6) is 0 Å². The molecular formula is C17H19ClFN. The van der Waals surface area contributed by atoms with Crippen LogP contribution in [0.15, 0.2) is 48.5 Å². The van der Waals surface area contributed by atoms with Crippen LogP contribution in [0.1, 0.15) is 30.0 Å². The molecule has 0 bridgehead atoms. The summed E-state index contributed by atoms with van der Waals surface area (Å²) >= 11 is 5.97. The van der Waals surface area contributed by atoms with Crippen LogP contribution in [0.2, 0.25) is 5.02 Å². The molecule has 0 fully saturated rings. The Morgan fingerprint density at radius 3 is 2.55 bits per heavy atom. The van der Waals surface area contributed by atoms with E-state index in [1.54, 1.807) is 6.07 Å². The summed E-state index contributed by atoms with van der Waals surface area (Å²) in [5.74, 6) is -0.336.